The highest BCUT2D eigenvalue weighted by Gasteiger charge is 2.27. The van der Waals surface area contributed by atoms with E-state index in [4.69, 9.17) is 5.11 Å². The zero-order chi connectivity index (χ0) is 19.3. The van der Waals surface area contributed by atoms with Gasteiger partial charge in [-0.15, -0.1) is 0 Å². The van der Waals surface area contributed by atoms with Gasteiger partial charge in [-0.05, 0) is 18.2 Å². The van der Waals surface area contributed by atoms with Crippen molar-refractivity contribution >= 4 is 29.5 Å². The van der Waals surface area contributed by atoms with Gasteiger partial charge in [-0.1, -0.05) is 6.58 Å². The lowest BCUT2D eigenvalue weighted by Gasteiger charge is -2.17. The van der Waals surface area contributed by atoms with E-state index >= 15 is 0 Å². The summed E-state index contributed by atoms with van der Waals surface area (Å²) in [6.45, 7) is 1.73. The van der Waals surface area contributed by atoms with Crippen molar-refractivity contribution in [2.45, 2.75) is 25.1 Å². The number of thioether (sulfide) groups is 1. The van der Waals surface area contributed by atoms with Crippen LogP contribution in [0.25, 0.3) is 0 Å². The highest BCUT2D eigenvalue weighted by atomic mass is 32.2. The van der Waals surface area contributed by atoms with E-state index in [0.717, 1.165) is 6.08 Å². The highest BCUT2D eigenvalue weighted by Crippen LogP contribution is 2.12. The number of alkyl halides is 3. The Kier molecular flexibility index (Phi) is 11.7. The third-order valence-electron chi connectivity index (χ3n) is 2.74. The second-order valence-electron chi connectivity index (χ2n) is 4.82. The number of hydrogen-bond donors (Lipinski definition) is 4. The number of carbonyl (C=O) groups excluding carboxylic acids is 3. The summed E-state index contributed by atoms with van der Waals surface area (Å²) in [5, 5.41) is 15.3. The third-order valence-corrected chi connectivity index (χ3v) is 3.76. The Hall–Kier alpha value is -1.75. The summed E-state index contributed by atoms with van der Waals surface area (Å²) < 4.78 is 35.8. The Labute approximate surface area is 147 Å². The van der Waals surface area contributed by atoms with Gasteiger partial charge in [-0.25, -0.2) is 0 Å². The summed E-state index contributed by atoms with van der Waals surface area (Å²) >= 11 is 1.27. The zero-order valence-corrected chi connectivity index (χ0v) is 14.3. The van der Waals surface area contributed by atoms with E-state index in [1.807, 2.05) is 0 Å². The predicted molar refractivity (Wildman–Crippen MR) is 87.8 cm³/mol. The van der Waals surface area contributed by atoms with Gasteiger partial charge in [0.15, 0.2) is 0 Å². The van der Waals surface area contributed by atoms with Gasteiger partial charge in [0.1, 0.15) is 12.6 Å². The summed E-state index contributed by atoms with van der Waals surface area (Å²) in [6.07, 6.45) is -3.25. The van der Waals surface area contributed by atoms with Crippen molar-refractivity contribution < 1.29 is 32.7 Å². The second-order valence-corrected chi connectivity index (χ2v) is 6.05. The average molecular weight is 385 g/mol. The molecule has 0 heterocycles. The topological polar surface area (TPSA) is 108 Å². The van der Waals surface area contributed by atoms with E-state index in [1.165, 1.54) is 11.8 Å². The minimum absolute atomic E-state index is 0.0474. The minimum atomic E-state index is -4.44. The first-order valence-corrected chi connectivity index (χ1v) is 8.57. The van der Waals surface area contributed by atoms with Crippen molar-refractivity contribution in [2.24, 2.45) is 0 Å². The van der Waals surface area contributed by atoms with Crippen LogP contribution in [0.4, 0.5) is 13.2 Å². The van der Waals surface area contributed by atoms with E-state index in [-0.39, 0.29) is 31.7 Å². The Balaban J connectivity index is 4.11. The van der Waals surface area contributed by atoms with Gasteiger partial charge >= 0.3 is 6.18 Å². The molecule has 0 spiro atoms. The van der Waals surface area contributed by atoms with E-state index in [9.17, 15) is 27.6 Å². The lowest BCUT2D eigenvalue weighted by atomic mass is 10.2. The number of aliphatic hydroxyl groups excluding tert-OH is 1. The molecule has 11 heteroatoms. The predicted octanol–water partition coefficient (Wildman–Crippen LogP) is -0.0424. The molecule has 25 heavy (non-hydrogen) atoms. The van der Waals surface area contributed by atoms with Crippen molar-refractivity contribution in [1.29, 1.82) is 0 Å². The van der Waals surface area contributed by atoms with Crippen LogP contribution < -0.4 is 16.0 Å². The van der Waals surface area contributed by atoms with Gasteiger partial charge < -0.3 is 21.1 Å². The summed E-state index contributed by atoms with van der Waals surface area (Å²) in [5.74, 6) is -1.01. The Morgan fingerprint density at radius 1 is 1.20 bits per heavy atom. The zero-order valence-electron chi connectivity index (χ0n) is 13.5. The minimum Gasteiger partial charge on any atom is -0.395 e. The van der Waals surface area contributed by atoms with Crippen molar-refractivity contribution in [3.63, 3.8) is 0 Å². The van der Waals surface area contributed by atoms with E-state index in [0.29, 0.717) is 5.75 Å². The van der Waals surface area contributed by atoms with Crippen molar-refractivity contribution in [1.82, 2.24) is 16.0 Å². The van der Waals surface area contributed by atoms with Crippen molar-refractivity contribution in [3.05, 3.63) is 12.7 Å². The molecule has 0 aliphatic carbocycles. The lowest BCUT2D eigenvalue weighted by molar-refractivity contribution is -0.138. The third kappa shape index (κ3) is 13.2. The van der Waals surface area contributed by atoms with Gasteiger partial charge in [0.25, 0.3) is 0 Å². The molecule has 0 rings (SSSR count). The van der Waals surface area contributed by atoms with Gasteiger partial charge in [-0.2, -0.15) is 24.9 Å². The fourth-order valence-electron chi connectivity index (χ4n) is 1.56. The molecule has 0 aromatic carbocycles. The highest BCUT2D eigenvalue weighted by molar-refractivity contribution is 7.99. The molecule has 0 saturated carbocycles. The summed E-state index contributed by atoms with van der Waals surface area (Å²) in [4.78, 5) is 34.4. The number of halogens is 3. The van der Waals surface area contributed by atoms with Crippen LogP contribution >= 0.6 is 11.8 Å². The number of aliphatic hydroxyl groups is 1. The van der Waals surface area contributed by atoms with Crippen LogP contribution in [0.15, 0.2) is 12.7 Å². The van der Waals surface area contributed by atoms with Crippen LogP contribution in [0.5, 0.6) is 0 Å². The fraction of sp³-hybridized carbons (Fsp3) is 0.643. The molecule has 0 aliphatic rings. The molecular weight excluding hydrogens is 363 g/mol. The first kappa shape index (κ1) is 23.2. The molecular formula is C14H22F3N3O4S. The Bertz CT molecular complexity index is 461. The molecule has 0 aromatic heterocycles. The van der Waals surface area contributed by atoms with Crippen LogP contribution in [0.3, 0.4) is 0 Å². The largest absolute Gasteiger partial charge is 0.405 e. The molecule has 3 amide bonds. The molecule has 0 bridgehead atoms. The van der Waals surface area contributed by atoms with Crippen molar-refractivity contribution in [2.75, 3.05) is 31.2 Å². The first-order valence-electron chi connectivity index (χ1n) is 7.42. The van der Waals surface area contributed by atoms with Crippen LogP contribution in [0.2, 0.25) is 0 Å². The average Bonchev–Trinajstić information content (AvgIpc) is 2.55. The van der Waals surface area contributed by atoms with Crippen molar-refractivity contribution in [3.8, 4) is 0 Å². The number of nitrogens with one attached hydrogen (secondary N) is 3. The molecule has 1 atom stereocenters. The van der Waals surface area contributed by atoms with E-state index in [1.54, 1.807) is 5.32 Å². The van der Waals surface area contributed by atoms with Gasteiger partial charge in [-0.3, -0.25) is 14.4 Å². The number of amides is 3. The molecule has 0 saturated heterocycles. The number of rotatable bonds is 12. The molecule has 1 unspecified atom stereocenters. The maximum absolute atomic E-state index is 11.9. The molecule has 4 N–H and O–H groups in total. The molecule has 0 aliphatic heterocycles. The molecule has 0 fully saturated rings. The number of carbonyl (C=O) groups is 3. The van der Waals surface area contributed by atoms with E-state index < -0.39 is 36.5 Å². The molecule has 144 valence electrons. The first-order chi connectivity index (χ1) is 11.7. The Morgan fingerprint density at radius 2 is 1.88 bits per heavy atom. The smallest absolute Gasteiger partial charge is 0.395 e. The molecule has 7 nitrogen and oxygen atoms in total. The fourth-order valence-corrected chi connectivity index (χ4v) is 2.49. The quantitative estimate of drug-likeness (QED) is 0.279. The van der Waals surface area contributed by atoms with Crippen LogP contribution in [0, 0.1) is 0 Å². The SMILES string of the molecule is C=CC(=O)NC(CCSCCC(=O)NCC(F)(F)F)C(=O)NCCO. The Morgan fingerprint density at radius 3 is 2.44 bits per heavy atom. The normalized spacial score (nSPS) is 12.2. The number of hydrogen-bond acceptors (Lipinski definition) is 5. The molecule has 0 aromatic rings. The van der Waals surface area contributed by atoms with Crippen LogP contribution in [-0.4, -0.2) is 66.2 Å². The molecule has 0 radical (unpaired) electrons. The van der Waals surface area contributed by atoms with Crippen LogP contribution in [-0.2, 0) is 14.4 Å². The lowest BCUT2D eigenvalue weighted by Crippen LogP contribution is -2.47. The summed E-state index contributed by atoms with van der Waals surface area (Å²) in [6, 6.07) is -0.830. The van der Waals surface area contributed by atoms with Gasteiger partial charge in [0.2, 0.25) is 17.7 Å². The monoisotopic (exact) mass is 385 g/mol. The maximum atomic E-state index is 11.9. The van der Waals surface area contributed by atoms with Gasteiger partial charge in [0, 0.05) is 18.7 Å². The van der Waals surface area contributed by atoms with Gasteiger partial charge in [0.05, 0.1) is 6.61 Å². The summed E-state index contributed by atoms with van der Waals surface area (Å²) in [5.41, 5.74) is 0. The standard InChI is InChI=1S/C14H22F3N3O4S/c1-2-11(22)20-10(13(24)18-5-6-21)3-7-25-8-4-12(23)19-9-14(15,16)17/h2,10,21H,1,3-9H2,(H,18,24)(H,19,23)(H,20,22). The maximum Gasteiger partial charge on any atom is 0.405 e. The summed E-state index contributed by atoms with van der Waals surface area (Å²) in [7, 11) is 0. The second kappa shape index (κ2) is 12.6. The van der Waals surface area contributed by atoms with E-state index in [2.05, 4.69) is 17.2 Å². The van der Waals surface area contributed by atoms with Crippen LogP contribution in [0.1, 0.15) is 12.8 Å².